The zero-order valence-electron chi connectivity index (χ0n) is 26.1. The molecule has 0 spiro atoms. The summed E-state index contributed by atoms with van der Waals surface area (Å²) in [5.74, 6) is 1.76. The molecule has 0 saturated carbocycles. The Hall–Kier alpha value is -1.94. The fourth-order valence-electron chi connectivity index (χ4n) is 4.38. The molecular weight excluding hydrogens is 454 g/mol. The van der Waals surface area contributed by atoms with Crippen molar-refractivity contribution in [1.82, 2.24) is 10.2 Å². The van der Waals surface area contributed by atoms with E-state index in [0.717, 1.165) is 12.3 Å². The maximum atomic E-state index is 11.2. The smallest absolute Gasteiger partial charge is 0.149 e. The van der Waals surface area contributed by atoms with Crippen molar-refractivity contribution in [1.29, 1.82) is 5.41 Å². The van der Waals surface area contributed by atoms with Crippen LogP contribution >= 0.6 is 0 Å². The van der Waals surface area contributed by atoms with Crippen LogP contribution in [0.15, 0.2) is 42.1 Å². The molecule has 1 atom stereocenters. The SMILES string of the molecule is CC/C=C(/CCCC)N1CCC(CC)CC1.CC=N.CNC(C)(CC(C)C)C(C)=O.Cc1ccccc1. The van der Waals surface area contributed by atoms with Gasteiger partial charge in [0.25, 0.3) is 0 Å². The number of unbranched alkanes of at least 4 members (excludes halogenated alkanes) is 1. The third-order valence-corrected chi connectivity index (χ3v) is 6.91. The van der Waals surface area contributed by atoms with E-state index in [4.69, 9.17) is 5.41 Å². The van der Waals surface area contributed by atoms with Gasteiger partial charge in [0, 0.05) is 18.8 Å². The third-order valence-electron chi connectivity index (χ3n) is 6.91. The Morgan fingerprint density at radius 2 is 1.70 bits per heavy atom. The highest BCUT2D eigenvalue weighted by molar-refractivity contribution is 5.85. The van der Waals surface area contributed by atoms with Crippen LogP contribution in [0.2, 0.25) is 0 Å². The molecule has 1 aromatic rings. The van der Waals surface area contributed by atoms with Crippen molar-refractivity contribution in [3.8, 4) is 0 Å². The number of carbonyl (C=O) groups excluding carboxylic acids is 1. The van der Waals surface area contributed by atoms with Gasteiger partial charge in [-0.2, -0.15) is 0 Å². The van der Waals surface area contributed by atoms with Gasteiger partial charge in [0.15, 0.2) is 0 Å². The standard InChI is InChI=1S/C15H29N.C9H19NO.C7H8.C2H5N/c1-4-7-9-15(8-5-2)16-12-10-14(6-3)11-13-16;1-7(2)6-9(4,10-5)8(3)11;1-7-5-3-2-4-6-7;1-2-3/h8,14H,4-7,9-13H2,1-3H3;7,10H,6H2,1-5H3;2-6H,1H3;2-3H,1H3/b15-8-;;;. The molecule has 0 bridgehead atoms. The van der Waals surface area contributed by atoms with E-state index in [9.17, 15) is 4.79 Å². The van der Waals surface area contributed by atoms with Crippen LogP contribution in [-0.2, 0) is 4.79 Å². The summed E-state index contributed by atoms with van der Waals surface area (Å²) < 4.78 is 0. The fraction of sp³-hybridized carbons (Fsp3) is 0.697. The molecule has 2 N–H and O–H groups in total. The number of Topliss-reactive ketones (excluding diaryl/α,β-unsaturated/α-hetero) is 1. The van der Waals surface area contributed by atoms with Crippen molar-refractivity contribution < 1.29 is 4.79 Å². The topological polar surface area (TPSA) is 56.2 Å². The summed E-state index contributed by atoms with van der Waals surface area (Å²) >= 11 is 0. The van der Waals surface area contributed by atoms with Gasteiger partial charge in [-0.1, -0.05) is 89.4 Å². The molecule has 1 aliphatic heterocycles. The van der Waals surface area contributed by atoms with Gasteiger partial charge in [0.05, 0.1) is 5.54 Å². The molecule has 0 amide bonds. The summed E-state index contributed by atoms with van der Waals surface area (Å²) in [7, 11) is 1.84. The van der Waals surface area contributed by atoms with E-state index in [0.29, 0.717) is 5.92 Å². The van der Waals surface area contributed by atoms with Gasteiger partial charge in [-0.3, -0.25) is 4.79 Å². The second kappa shape index (κ2) is 23.2. The maximum Gasteiger partial charge on any atom is 0.149 e. The Kier molecular flexibility index (Phi) is 23.3. The molecule has 1 saturated heterocycles. The van der Waals surface area contributed by atoms with Crippen LogP contribution in [0.5, 0.6) is 0 Å². The van der Waals surface area contributed by atoms with Gasteiger partial charge in [-0.25, -0.2) is 0 Å². The first-order valence-electron chi connectivity index (χ1n) is 14.6. The maximum absolute atomic E-state index is 11.2. The lowest BCUT2D eigenvalue weighted by Gasteiger charge is -2.35. The number of ketones is 1. The van der Waals surface area contributed by atoms with Gasteiger partial charge in [-0.15, -0.1) is 0 Å². The minimum Gasteiger partial charge on any atom is -0.375 e. The Morgan fingerprint density at radius 3 is 2.00 bits per heavy atom. The minimum atomic E-state index is -0.325. The second-order valence-corrected chi connectivity index (χ2v) is 10.7. The first kappa shape index (κ1) is 37.2. The molecule has 1 aliphatic rings. The van der Waals surface area contributed by atoms with Crippen molar-refractivity contribution in [2.24, 2.45) is 11.8 Å². The first-order valence-corrected chi connectivity index (χ1v) is 14.6. The van der Waals surface area contributed by atoms with Crippen LogP contribution in [0.4, 0.5) is 0 Å². The van der Waals surface area contributed by atoms with E-state index >= 15 is 0 Å². The number of benzene rings is 1. The highest BCUT2D eigenvalue weighted by atomic mass is 16.1. The molecule has 1 aromatic carbocycles. The fourth-order valence-corrected chi connectivity index (χ4v) is 4.38. The molecule has 37 heavy (non-hydrogen) atoms. The predicted octanol–water partition coefficient (Wildman–Crippen LogP) is 8.84. The number of piperidine rings is 1. The summed E-state index contributed by atoms with van der Waals surface area (Å²) in [6.07, 6.45) is 13.9. The largest absolute Gasteiger partial charge is 0.375 e. The van der Waals surface area contributed by atoms with E-state index < -0.39 is 0 Å². The van der Waals surface area contributed by atoms with E-state index in [-0.39, 0.29) is 11.3 Å². The van der Waals surface area contributed by atoms with Crippen LogP contribution < -0.4 is 5.32 Å². The zero-order chi connectivity index (χ0) is 28.7. The molecule has 1 heterocycles. The van der Waals surface area contributed by atoms with Crippen LogP contribution in [0.25, 0.3) is 0 Å². The predicted molar refractivity (Wildman–Crippen MR) is 166 cm³/mol. The van der Waals surface area contributed by atoms with Crippen LogP contribution in [-0.4, -0.2) is 42.6 Å². The Bertz CT molecular complexity index is 706. The molecule has 4 heteroatoms. The van der Waals surface area contributed by atoms with Gasteiger partial charge in [0.2, 0.25) is 0 Å². The number of likely N-dealkylation sites (tertiary alicyclic amines) is 1. The lowest BCUT2D eigenvalue weighted by molar-refractivity contribution is -0.123. The molecule has 0 aliphatic carbocycles. The van der Waals surface area contributed by atoms with Crippen molar-refractivity contribution in [2.45, 2.75) is 119 Å². The first-order chi connectivity index (χ1) is 17.5. The van der Waals surface area contributed by atoms with Gasteiger partial charge >= 0.3 is 0 Å². The lowest BCUT2D eigenvalue weighted by Crippen LogP contribution is -2.47. The highest BCUT2D eigenvalue weighted by Crippen LogP contribution is 2.25. The van der Waals surface area contributed by atoms with E-state index in [2.05, 4.69) is 70.0 Å². The lowest BCUT2D eigenvalue weighted by atomic mass is 9.88. The molecule has 0 aromatic heterocycles. The van der Waals surface area contributed by atoms with Crippen LogP contribution in [0.1, 0.15) is 112 Å². The second-order valence-electron chi connectivity index (χ2n) is 10.7. The monoisotopic (exact) mass is 515 g/mol. The number of carbonyl (C=O) groups is 1. The quantitative estimate of drug-likeness (QED) is 0.306. The van der Waals surface area contributed by atoms with Crippen molar-refractivity contribution in [3.05, 3.63) is 47.7 Å². The molecular formula is C33H61N3O. The number of aryl methyl sites for hydroxylation is 1. The Balaban J connectivity index is 0. The normalized spacial score (nSPS) is 15.2. The summed E-state index contributed by atoms with van der Waals surface area (Å²) in [5, 5.41) is 9.14. The van der Waals surface area contributed by atoms with E-state index in [1.54, 1.807) is 19.5 Å². The molecule has 2 rings (SSSR count). The summed E-state index contributed by atoms with van der Waals surface area (Å²) in [5.41, 5.74) is 2.62. The number of hydrogen-bond donors (Lipinski definition) is 2. The summed E-state index contributed by atoms with van der Waals surface area (Å²) in [6.45, 7) is 21.1. The molecule has 214 valence electrons. The minimum absolute atomic E-state index is 0.216. The molecule has 0 radical (unpaired) electrons. The van der Waals surface area contributed by atoms with Crippen molar-refractivity contribution >= 4 is 12.0 Å². The van der Waals surface area contributed by atoms with Crippen molar-refractivity contribution in [2.75, 3.05) is 20.1 Å². The number of rotatable bonds is 10. The highest BCUT2D eigenvalue weighted by Gasteiger charge is 2.28. The van der Waals surface area contributed by atoms with Gasteiger partial charge < -0.3 is 15.6 Å². The summed E-state index contributed by atoms with van der Waals surface area (Å²) in [4.78, 5) is 13.8. The average Bonchev–Trinajstić information content (AvgIpc) is 2.88. The van der Waals surface area contributed by atoms with Crippen LogP contribution in [0.3, 0.4) is 0 Å². The van der Waals surface area contributed by atoms with Crippen molar-refractivity contribution in [3.63, 3.8) is 0 Å². The molecule has 4 nitrogen and oxygen atoms in total. The number of hydrogen-bond acceptors (Lipinski definition) is 4. The number of allylic oxidation sites excluding steroid dienone is 2. The Labute approximate surface area is 231 Å². The van der Waals surface area contributed by atoms with E-state index in [1.165, 1.54) is 69.8 Å². The number of likely N-dealkylation sites (N-methyl/N-ethyl adjacent to an activating group) is 1. The van der Waals surface area contributed by atoms with Gasteiger partial charge in [0.1, 0.15) is 5.78 Å². The zero-order valence-corrected chi connectivity index (χ0v) is 26.1. The number of nitrogens with one attached hydrogen (secondary N) is 2. The molecule has 1 fully saturated rings. The van der Waals surface area contributed by atoms with E-state index in [1.807, 2.05) is 32.2 Å². The molecule has 1 unspecified atom stereocenters. The average molecular weight is 516 g/mol. The Morgan fingerprint density at radius 1 is 1.16 bits per heavy atom. The van der Waals surface area contributed by atoms with Crippen LogP contribution in [0, 0.1) is 24.2 Å². The number of nitrogens with zero attached hydrogens (tertiary/aromatic N) is 1. The van der Waals surface area contributed by atoms with Gasteiger partial charge in [-0.05, 0) is 91.3 Å². The summed E-state index contributed by atoms with van der Waals surface area (Å²) in [6, 6.07) is 10.3. The third kappa shape index (κ3) is 18.9.